The van der Waals surface area contributed by atoms with E-state index < -0.39 is 17.5 Å². The molecule has 0 aromatic carbocycles. The van der Waals surface area contributed by atoms with Crippen molar-refractivity contribution < 1.29 is 19.4 Å². The van der Waals surface area contributed by atoms with Crippen LogP contribution in [0, 0.1) is 5.92 Å². The van der Waals surface area contributed by atoms with E-state index in [9.17, 15) is 14.7 Å². The number of urea groups is 1. The van der Waals surface area contributed by atoms with Crippen molar-refractivity contribution in [1.82, 2.24) is 15.5 Å². The SMILES string of the molecule is CN1CCC(CNC(=O)NC2(C(=O)O)CCOCC2)C1. The molecule has 20 heavy (non-hydrogen) atoms. The highest BCUT2D eigenvalue weighted by Gasteiger charge is 2.41. The summed E-state index contributed by atoms with van der Waals surface area (Å²) in [7, 11) is 2.06. The lowest BCUT2D eigenvalue weighted by molar-refractivity contribution is -0.148. The molecule has 0 aliphatic carbocycles. The largest absolute Gasteiger partial charge is 0.480 e. The molecule has 3 N–H and O–H groups in total. The van der Waals surface area contributed by atoms with Crippen LogP contribution in [0.5, 0.6) is 0 Å². The molecular formula is C13H23N3O4. The molecule has 0 saturated carbocycles. The summed E-state index contributed by atoms with van der Waals surface area (Å²) in [6, 6.07) is -0.399. The van der Waals surface area contributed by atoms with Gasteiger partial charge in [0.25, 0.3) is 0 Å². The number of hydrogen-bond donors (Lipinski definition) is 3. The number of carboxylic acids is 1. The van der Waals surface area contributed by atoms with Crippen LogP contribution in [0.15, 0.2) is 0 Å². The summed E-state index contributed by atoms with van der Waals surface area (Å²) in [5, 5.41) is 14.8. The van der Waals surface area contributed by atoms with Gasteiger partial charge in [0, 0.05) is 39.1 Å². The number of carbonyl (C=O) groups excluding carboxylic acids is 1. The number of nitrogens with one attached hydrogen (secondary N) is 2. The Morgan fingerprint density at radius 3 is 2.65 bits per heavy atom. The van der Waals surface area contributed by atoms with Crippen molar-refractivity contribution in [3.63, 3.8) is 0 Å². The Balaban J connectivity index is 1.81. The smallest absolute Gasteiger partial charge is 0.329 e. The molecule has 2 fully saturated rings. The van der Waals surface area contributed by atoms with Crippen molar-refractivity contribution in [2.75, 3.05) is 39.9 Å². The van der Waals surface area contributed by atoms with Crippen molar-refractivity contribution in [2.45, 2.75) is 24.8 Å². The minimum Gasteiger partial charge on any atom is -0.480 e. The Morgan fingerprint density at radius 2 is 2.10 bits per heavy atom. The Bertz CT molecular complexity index is 369. The number of rotatable bonds is 4. The molecule has 0 radical (unpaired) electrons. The van der Waals surface area contributed by atoms with Gasteiger partial charge in [-0.2, -0.15) is 0 Å². The van der Waals surface area contributed by atoms with Gasteiger partial charge in [-0.15, -0.1) is 0 Å². The molecular weight excluding hydrogens is 262 g/mol. The second-order valence-corrected chi connectivity index (χ2v) is 5.75. The first-order valence-electron chi connectivity index (χ1n) is 7.07. The van der Waals surface area contributed by atoms with E-state index in [-0.39, 0.29) is 0 Å². The van der Waals surface area contributed by atoms with Crippen LogP contribution in [-0.4, -0.2) is 67.4 Å². The quantitative estimate of drug-likeness (QED) is 0.669. The number of nitrogens with zero attached hydrogens (tertiary/aromatic N) is 1. The van der Waals surface area contributed by atoms with E-state index in [1.54, 1.807) is 0 Å². The molecule has 0 aromatic heterocycles. The third-order valence-electron chi connectivity index (χ3n) is 4.15. The highest BCUT2D eigenvalue weighted by molar-refractivity contribution is 5.86. The summed E-state index contributed by atoms with van der Waals surface area (Å²) in [6.45, 7) is 3.32. The number of carboxylic acid groups (broad SMARTS) is 1. The average molecular weight is 285 g/mol. The minimum atomic E-state index is -1.19. The third-order valence-corrected chi connectivity index (χ3v) is 4.15. The van der Waals surface area contributed by atoms with Gasteiger partial charge in [0.1, 0.15) is 5.54 Å². The first-order chi connectivity index (χ1) is 9.52. The van der Waals surface area contributed by atoms with Crippen LogP contribution >= 0.6 is 0 Å². The van der Waals surface area contributed by atoms with Crippen molar-refractivity contribution in [1.29, 1.82) is 0 Å². The highest BCUT2D eigenvalue weighted by Crippen LogP contribution is 2.21. The Hall–Kier alpha value is -1.34. The maximum absolute atomic E-state index is 11.9. The summed E-state index contributed by atoms with van der Waals surface area (Å²) in [4.78, 5) is 25.6. The number of amides is 2. The van der Waals surface area contributed by atoms with Crippen LogP contribution in [0.3, 0.4) is 0 Å². The fourth-order valence-electron chi connectivity index (χ4n) is 2.80. The van der Waals surface area contributed by atoms with Crippen LogP contribution in [-0.2, 0) is 9.53 Å². The molecule has 0 spiro atoms. The Labute approximate surface area is 118 Å². The van der Waals surface area contributed by atoms with Gasteiger partial charge in [-0.1, -0.05) is 0 Å². The average Bonchev–Trinajstić information content (AvgIpc) is 2.83. The molecule has 1 unspecified atom stereocenters. The van der Waals surface area contributed by atoms with Crippen molar-refractivity contribution >= 4 is 12.0 Å². The molecule has 7 nitrogen and oxygen atoms in total. The normalized spacial score (nSPS) is 26.1. The molecule has 7 heteroatoms. The fraction of sp³-hybridized carbons (Fsp3) is 0.846. The van der Waals surface area contributed by atoms with E-state index in [0.29, 0.717) is 38.5 Å². The van der Waals surface area contributed by atoms with Gasteiger partial charge in [0.2, 0.25) is 0 Å². The third kappa shape index (κ3) is 3.61. The van der Waals surface area contributed by atoms with Gasteiger partial charge < -0.3 is 25.4 Å². The first-order valence-corrected chi connectivity index (χ1v) is 7.07. The molecule has 0 bridgehead atoms. The number of ether oxygens (including phenoxy) is 1. The molecule has 0 aromatic rings. The molecule has 2 amide bonds. The van der Waals surface area contributed by atoms with Crippen LogP contribution in [0.2, 0.25) is 0 Å². The van der Waals surface area contributed by atoms with Gasteiger partial charge in [-0.3, -0.25) is 0 Å². The zero-order chi connectivity index (χ0) is 14.6. The van der Waals surface area contributed by atoms with E-state index in [4.69, 9.17) is 4.74 Å². The maximum atomic E-state index is 11.9. The minimum absolute atomic E-state index is 0.307. The summed E-state index contributed by atoms with van der Waals surface area (Å²) in [6.07, 6.45) is 1.68. The van der Waals surface area contributed by atoms with Crippen LogP contribution in [0.1, 0.15) is 19.3 Å². The number of carbonyl (C=O) groups is 2. The van der Waals surface area contributed by atoms with Crippen molar-refractivity contribution in [3.8, 4) is 0 Å². The summed E-state index contributed by atoms with van der Waals surface area (Å²) >= 11 is 0. The molecule has 114 valence electrons. The van der Waals surface area contributed by atoms with E-state index in [1.165, 1.54) is 0 Å². The van der Waals surface area contributed by atoms with Gasteiger partial charge in [-0.25, -0.2) is 9.59 Å². The molecule has 2 saturated heterocycles. The predicted molar refractivity (Wildman–Crippen MR) is 72.6 cm³/mol. The summed E-state index contributed by atoms with van der Waals surface area (Å²) < 4.78 is 5.17. The maximum Gasteiger partial charge on any atom is 0.329 e. The molecule has 2 aliphatic rings. The van der Waals surface area contributed by atoms with Gasteiger partial charge >= 0.3 is 12.0 Å². The van der Waals surface area contributed by atoms with Crippen LogP contribution in [0.25, 0.3) is 0 Å². The van der Waals surface area contributed by atoms with Crippen LogP contribution < -0.4 is 10.6 Å². The Kier molecular flexibility index (Phi) is 4.82. The van der Waals surface area contributed by atoms with Crippen LogP contribution in [0.4, 0.5) is 4.79 Å². The second kappa shape index (κ2) is 6.41. The van der Waals surface area contributed by atoms with E-state index in [0.717, 1.165) is 19.5 Å². The van der Waals surface area contributed by atoms with Gasteiger partial charge in [-0.05, 0) is 25.9 Å². The first kappa shape index (κ1) is 15.1. The zero-order valence-corrected chi connectivity index (χ0v) is 11.9. The molecule has 2 aliphatic heterocycles. The van der Waals surface area contributed by atoms with Crippen molar-refractivity contribution in [3.05, 3.63) is 0 Å². The second-order valence-electron chi connectivity index (χ2n) is 5.75. The lowest BCUT2D eigenvalue weighted by Crippen LogP contribution is -2.60. The lowest BCUT2D eigenvalue weighted by Gasteiger charge is -2.33. The molecule has 2 rings (SSSR count). The van der Waals surface area contributed by atoms with Gasteiger partial charge in [0.05, 0.1) is 0 Å². The summed E-state index contributed by atoms with van der Waals surface area (Å²) in [5.41, 5.74) is -1.19. The number of likely N-dealkylation sites (tertiary alicyclic amines) is 1. The topological polar surface area (TPSA) is 90.9 Å². The van der Waals surface area contributed by atoms with Gasteiger partial charge in [0.15, 0.2) is 0 Å². The molecule has 1 atom stereocenters. The number of hydrogen-bond acceptors (Lipinski definition) is 4. The summed E-state index contributed by atoms with van der Waals surface area (Å²) in [5.74, 6) is -0.544. The monoisotopic (exact) mass is 285 g/mol. The molecule has 2 heterocycles. The fourth-order valence-corrected chi connectivity index (χ4v) is 2.80. The standard InChI is InChI=1S/C13H23N3O4/c1-16-5-2-10(9-16)8-14-12(19)15-13(11(17)18)3-6-20-7-4-13/h10H,2-9H2,1H3,(H,17,18)(H2,14,15,19). The Morgan fingerprint density at radius 1 is 1.40 bits per heavy atom. The van der Waals surface area contributed by atoms with E-state index in [2.05, 4.69) is 22.6 Å². The lowest BCUT2D eigenvalue weighted by atomic mass is 9.90. The van der Waals surface area contributed by atoms with E-state index >= 15 is 0 Å². The highest BCUT2D eigenvalue weighted by atomic mass is 16.5. The number of aliphatic carboxylic acids is 1. The predicted octanol–water partition coefficient (Wildman–Crippen LogP) is -0.129. The zero-order valence-electron chi connectivity index (χ0n) is 11.9. The van der Waals surface area contributed by atoms with Crippen molar-refractivity contribution in [2.24, 2.45) is 5.92 Å². The van der Waals surface area contributed by atoms with E-state index in [1.807, 2.05) is 0 Å².